The molecule has 0 bridgehead atoms. The summed E-state index contributed by atoms with van der Waals surface area (Å²) in [5.74, 6) is 0. The third-order valence-electron chi connectivity index (χ3n) is 2.94. The van der Waals surface area contributed by atoms with E-state index in [4.69, 9.17) is 4.74 Å². The molecule has 2 N–H and O–H groups in total. The van der Waals surface area contributed by atoms with Crippen LogP contribution in [0.5, 0.6) is 0 Å². The van der Waals surface area contributed by atoms with E-state index in [1.54, 1.807) is 7.11 Å². The van der Waals surface area contributed by atoms with Gasteiger partial charge in [0.25, 0.3) is 0 Å². The van der Waals surface area contributed by atoms with E-state index in [2.05, 4.69) is 0 Å². The quantitative estimate of drug-likeness (QED) is 0.774. The van der Waals surface area contributed by atoms with Gasteiger partial charge >= 0.3 is 0 Å². The average Bonchev–Trinajstić information content (AvgIpc) is 2.38. The van der Waals surface area contributed by atoms with Gasteiger partial charge in [-0.3, -0.25) is 0 Å². The van der Waals surface area contributed by atoms with Crippen LogP contribution >= 0.6 is 0 Å². The molecule has 1 aromatic rings. The molecule has 0 heterocycles. The Bertz CT molecular complexity index is 357. The van der Waals surface area contributed by atoms with Crippen LogP contribution in [0.2, 0.25) is 0 Å². The minimum atomic E-state index is -0.535. The van der Waals surface area contributed by atoms with Crippen LogP contribution in [0.1, 0.15) is 25.0 Å². The Morgan fingerprint density at radius 2 is 1.94 bits per heavy atom. The first-order valence-electron chi connectivity index (χ1n) is 6.25. The molecule has 1 aromatic carbocycles. The van der Waals surface area contributed by atoms with Crippen LogP contribution in [0, 0.1) is 0 Å². The zero-order chi connectivity index (χ0) is 13.5. The number of anilines is 1. The molecule has 4 nitrogen and oxygen atoms in total. The van der Waals surface area contributed by atoms with Gasteiger partial charge in [0.2, 0.25) is 0 Å². The number of nitrogens with zero attached hydrogens (tertiary/aromatic N) is 1. The Labute approximate surface area is 109 Å². The number of methoxy groups -OCH3 is 1. The molecule has 0 spiro atoms. The second kappa shape index (κ2) is 7.36. The van der Waals surface area contributed by atoms with Crippen LogP contribution in [0.3, 0.4) is 0 Å². The lowest BCUT2D eigenvalue weighted by atomic mass is 10.0. The summed E-state index contributed by atoms with van der Waals surface area (Å²) in [5.41, 5.74) is 1.84. The zero-order valence-corrected chi connectivity index (χ0v) is 11.3. The van der Waals surface area contributed by atoms with Crippen LogP contribution in [-0.4, -0.2) is 43.6 Å². The number of likely N-dealkylation sites (N-methyl/N-ethyl adjacent to an activating group) is 1. The largest absolute Gasteiger partial charge is 0.389 e. The molecule has 0 aliphatic heterocycles. The SMILES string of the molecule is CC[C@H](O)c1ccccc1N(C)CC(O)COC. The molecule has 1 rings (SSSR count). The van der Waals surface area contributed by atoms with Crippen molar-refractivity contribution >= 4 is 5.69 Å². The molecule has 1 unspecified atom stereocenters. The average molecular weight is 253 g/mol. The number of hydrogen-bond acceptors (Lipinski definition) is 4. The molecule has 2 atom stereocenters. The fourth-order valence-corrected chi connectivity index (χ4v) is 2.00. The van der Waals surface area contributed by atoms with Crippen molar-refractivity contribution in [2.45, 2.75) is 25.6 Å². The van der Waals surface area contributed by atoms with Gasteiger partial charge in [-0.15, -0.1) is 0 Å². The standard InChI is InChI=1S/C14H23NO3/c1-4-14(17)12-7-5-6-8-13(12)15(2)9-11(16)10-18-3/h5-8,11,14,16-17H,4,9-10H2,1-3H3/t11?,14-/m0/s1. The van der Waals surface area contributed by atoms with E-state index in [-0.39, 0.29) is 0 Å². The van der Waals surface area contributed by atoms with Crippen LogP contribution in [-0.2, 0) is 4.74 Å². The highest BCUT2D eigenvalue weighted by atomic mass is 16.5. The molecule has 4 heteroatoms. The maximum Gasteiger partial charge on any atom is 0.0947 e. The van der Waals surface area contributed by atoms with Crippen LogP contribution in [0.4, 0.5) is 5.69 Å². The van der Waals surface area contributed by atoms with E-state index in [0.29, 0.717) is 19.6 Å². The first-order valence-corrected chi connectivity index (χ1v) is 6.25. The lowest BCUT2D eigenvalue weighted by molar-refractivity contribution is 0.0694. The van der Waals surface area contributed by atoms with Gasteiger partial charge in [0.1, 0.15) is 0 Å². The highest BCUT2D eigenvalue weighted by Gasteiger charge is 2.15. The third kappa shape index (κ3) is 3.98. The van der Waals surface area contributed by atoms with Gasteiger partial charge in [-0.05, 0) is 12.5 Å². The van der Waals surface area contributed by atoms with E-state index in [9.17, 15) is 10.2 Å². The van der Waals surface area contributed by atoms with Crippen molar-refractivity contribution in [2.24, 2.45) is 0 Å². The highest BCUT2D eigenvalue weighted by Crippen LogP contribution is 2.27. The van der Waals surface area contributed by atoms with Crippen molar-refractivity contribution in [3.63, 3.8) is 0 Å². The van der Waals surface area contributed by atoms with Crippen molar-refractivity contribution in [3.8, 4) is 0 Å². The molecular formula is C14H23NO3. The second-order valence-electron chi connectivity index (χ2n) is 4.47. The third-order valence-corrected chi connectivity index (χ3v) is 2.94. The highest BCUT2D eigenvalue weighted by molar-refractivity contribution is 5.54. The summed E-state index contributed by atoms with van der Waals surface area (Å²) in [4.78, 5) is 1.94. The summed E-state index contributed by atoms with van der Waals surface area (Å²) >= 11 is 0. The summed E-state index contributed by atoms with van der Waals surface area (Å²) in [5, 5.41) is 19.7. The van der Waals surface area contributed by atoms with Crippen LogP contribution in [0.25, 0.3) is 0 Å². The van der Waals surface area contributed by atoms with Gasteiger partial charge in [0, 0.05) is 32.0 Å². The summed E-state index contributed by atoms with van der Waals surface area (Å²) in [7, 11) is 3.47. The number of para-hydroxylation sites is 1. The van der Waals surface area contributed by atoms with Crippen molar-refractivity contribution < 1.29 is 14.9 Å². The minimum absolute atomic E-state index is 0.308. The Morgan fingerprint density at radius 1 is 1.28 bits per heavy atom. The van der Waals surface area contributed by atoms with Crippen LogP contribution < -0.4 is 4.90 Å². The molecule has 0 saturated carbocycles. The van der Waals surface area contributed by atoms with Gasteiger partial charge in [-0.25, -0.2) is 0 Å². The van der Waals surface area contributed by atoms with Gasteiger partial charge in [-0.2, -0.15) is 0 Å². The van der Waals surface area contributed by atoms with Crippen molar-refractivity contribution in [1.82, 2.24) is 0 Å². The molecule has 0 aliphatic rings. The predicted molar refractivity (Wildman–Crippen MR) is 72.8 cm³/mol. The summed E-state index contributed by atoms with van der Waals surface area (Å²) in [6.45, 7) is 2.73. The number of aliphatic hydroxyl groups excluding tert-OH is 2. The fraction of sp³-hybridized carbons (Fsp3) is 0.571. The first-order chi connectivity index (χ1) is 8.60. The Hall–Kier alpha value is -1.10. The van der Waals surface area contributed by atoms with E-state index in [1.165, 1.54) is 0 Å². The normalized spacial score (nSPS) is 14.3. The predicted octanol–water partition coefficient (Wildman–Crippen LogP) is 1.57. The van der Waals surface area contributed by atoms with E-state index >= 15 is 0 Å². The zero-order valence-electron chi connectivity index (χ0n) is 11.3. The van der Waals surface area contributed by atoms with E-state index in [1.807, 2.05) is 43.1 Å². The number of benzene rings is 1. The molecule has 0 aromatic heterocycles. The molecule has 102 valence electrons. The lowest BCUT2D eigenvalue weighted by Crippen LogP contribution is -2.32. The number of rotatable bonds is 7. The smallest absolute Gasteiger partial charge is 0.0947 e. The molecule has 0 aliphatic carbocycles. The number of aliphatic hydroxyl groups is 2. The Morgan fingerprint density at radius 3 is 2.56 bits per heavy atom. The molecule has 0 fully saturated rings. The van der Waals surface area contributed by atoms with Gasteiger partial charge in [0.05, 0.1) is 18.8 Å². The van der Waals surface area contributed by atoms with Gasteiger partial charge in [-0.1, -0.05) is 25.1 Å². The number of hydrogen-bond donors (Lipinski definition) is 2. The van der Waals surface area contributed by atoms with E-state index in [0.717, 1.165) is 11.3 Å². The summed E-state index contributed by atoms with van der Waals surface area (Å²) in [6, 6.07) is 7.72. The Kier molecular flexibility index (Phi) is 6.12. The monoisotopic (exact) mass is 253 g/mol. The maximum atomic E-state index is 9.98. The van der Waals surface area contributed by atoms with Crippen molar-refractivity contribution in [3.05, 3.63) is 29.8 Å². The number of ether oxygens (including phenoxy) is 1. The molecular weight excluding hydrogens is 230 g/mol. The second-order valence-corrected chi connectivity index (χ2v) is 4.47. The molecule has 0 amide bonds. The molecule has 0 saturated heterocycles. The maximum absolute atomic E-state index is 9.98. The summed E-state index contributed by atoms with van der Waals surface area (Å²) < 4.78 is 4.91. The molecule has 18 heavy (non-hydrogen) atoms. The Balaban J connectivity index is 2.81. The lowest BCUT2D eigenvalue weighted by Gasteiger charge is -2.26. The molecule has 0 radical (unpaired) electrons. The fourth-order valence-electron chi connectivity index (χ4n) is 2.00. The van der Waals surface area contributed by atoms with Crippen molar-refractivity contribution in [2.75, 3.05) is 32.2 Å². The van der Waals surface area contributed by atoms with Crippen molar-refractivity contribution in [1.29, 1.82) is 0 Å². The summed E-state index contributed by atoms with van der Waals surface area (Å²) in [6.07, 6.45) is -0.332. The van der Waals surface area contributed by atoms with Crippen LogP contribution in [0.15, 0.2) is 24.3 Å². The van der Waals surface area contributed by atoms with E-state index < -0.39 is 12.2 Å². The van der Waals surface area contributed by atoms with Gasteiger partial charge < -0.3 is 19.8 Å². The van der Waals surface area contributed by atoms with Gasteiger partial charge in [0.15, 0.2) is 0 Å². The minimum Gasteiger partial charge on any atom is -0.389 e. The topological polar surface area (TPSA) is 52.9 Å². The first kappa shape index (κ1) is 15.0.